The Hall–Kier alpha value is -1.33. The molecule has 0 saturated carbocycles. The van der Waals surface area contributed by atoms with E-state index in [2.05, 4.69) is 13.8 Å². The molecule has 0 heterocycles. The number of amides is 1. The predicted molar refractivity (Wildman–Crippen MR) is 93.4 cm³/mol. The summed E-state index contributed by atoms with van der Waals surface area (Å²) in [6, 6.07) is 6.17. The minimum Gasteiger partial charge on any atom is -0.478 e. The van der Waals surface area contributed by atoms with E-state index < -0.39 is 11.9 Å². The lowest BCUT2D eigenvalue weighted by atomic mass is 10.0. The number of benzene rings is 1. The average molecular weight is 347 g/mol. The summed E-state index contributed by atoms with van der Waals surface area (Å²) in [5, 5.41) is 0. The van der Waals surface area contributed by atoms with Gasteiger partial charge in [0.25, 0.3) is 5.91 Å². The Kier molecular flexibility index (Phi) is 9.84. The Morgan fingerprint density at radius 3 is 2.48 bits per heavy atom. The Balaban J connectivity index is 0.00000484. The Labute approximate surface area is 144 Å². The van der Waals surface area contributed by atoms with Crippen LogP contribution in [0.1, 0.15) is 33.6 Å². The number of rotatable bonds is 8. The highest BCUT2D eigenvalue weighted by Gasteiger charge is 2.23. The summed E-state index contributed by atoms with van der Waals surface area (Å²) in [4.78, 5) is 14.0. The van der Waals surface area contributed by atoms with Gasteiger partial charge in [0.15, 0.2) is 17.7 Å². The summed E-state index contributed by atoms with van der Waals surface area (Å²) in [6.07, 6.45) is 0.529. The van der Waals surface area contributed by atoms with Crippen LogP contribution in [0, 0.1) is 11.7 Å². The van der Waals surface area contributed by atoms with Crippen molar-refractivity contribution in [1.29, 1.82) is 0 Å². The van der Waals surface area contributed by atoms with Crippen molar-refractivity contribution >= 4 is 18.3 Å². The van der Waals surface area contributed by atoms with Gasteiger partial charge in [-0.15, -0.1) is 12.4 Å². The molecule has 0 spiro atoms. The van der Waals surface area contributed by atoms with Crippen LogP contribution < -0.4 is 10.5 Å². The Morgan fingerprint density at radius 1 is 1.35 bits per heavy atom. The molecule has 0 aliphatic rings. The number of hydrogen-bond acceptors (Lipinski definition) is 3. The maximum atomic E-state index is 13.6. The highest BCUT2D eigenvalue weighted by atomic mass is 35.5. The van der Waals surface area contributed by atoms with E-state index in [0.717, 1.165) is 6.42 Å². The molecule has 2 atom stereocenters. The van der Waals surface area contributed by atoms with Crippen LogP contribution in [0.25, 0.3) is 0 Å². The fourth-order valence-electron chi connectivity index (χ4n) is 2.03. The molecular formula is C17H28ClFN2O2. The lowest BCUT2D eigenvalue weighted by molar-refractivity contribution is -0.137. The Bertz CT molecular complexity index is 485. The molecule has 1 aromatic rings. The van der Waals surface area contributed by atoms with Crippen LogP contribution in [0.4, 0.5) is 4.39 Å². The van der Waals surface area contributed by atoms with Crippen molar-refractivity contribution in [1.82, 2.24) is 4.90 Å². The fraction of sp³-hybridized carbons (Fsp3) is 0.588. The lowest BCUT2D eigenvalue weighted by Gasteiger charge is -2.25. The second-order valence-electron chi connectivity index (χ2n) is 5.90. The van der Waals surface area contributed by atoms with E-state index >= 15 is 0 Å². The second-order valence-corrected chi connectivity index (χ2v) is 5.90. The molecule has 1 aromatic carbocycles. The van der Waals surface area contributed by atoms with Gasteiger partial charge in [-0.3, -0.25) is 4.79 Å². The van der Waals surface area contributed by atoms with E-state index in [9.17, 15) is 9.18 Å². The van der Waals surface area contributed by atoms with Crippen LogP contribution in [-0.4, -0.2) is 36.5 Å². The largest absolute Gasteiger partial charge is 0.478 e. The van der Waals surface area contributed by atoms with Crippen LogP contribution in [0.3, 0.4) is 0 Å². The van der Waals surface area contributed by atoms with E-state index in [0.29, 0.717) is 18.9 Å². The standard InChI is InChI=1S/C17H27FN2O2.ClH/c1-5-15(22-16-9-7-6-8-13(16)18)17(21)20(4)11-10-14(19)12(2)3;/h6-9,12,14-15H,5,10-11,19H2,1-4H3;1H. The zero-order valence-electron chi connectivity index (χ0n) is 14.3. The maximum Gasteiger partial charge on any atom is 0.263 e. The summed E-state index contributed by atoms with van der Waals surface area (Å²) in [5.41, 5.74) is 6.00. The molecule has 2 N–H and O–H groups in total. The van der Waals surface area contributed by atoms with Crippen LogP contribution >= 0.6 is 12.4 Å². The van der Waals surface area contributed by atoms with E-state index in [1.54, 1.807) is 24.1 Å². The van der Waals surface area contributed by atoms with Crippen molar-refractivity contribution in [3.8, 4) is 5.75 Å². The molecule has 2 unspecified atom stereocenters. The van der Waals surface area contributed by atoms with Gasteiger partial charge < -0.3 is 15.4 Å². The molecule has 0 bridgehead atoms. The first-order valence-electron chi connectivity index (χ1n) is 7.78. The second kappa shape index (κ2) is 10.4. The molecule has 1 rings (SSSR count). The highest BCUT2D eigenvalue weighted by molar-refractivity contribution is 5.85. The smallest absolute Gasteiger partial charge is 0.263 e. The molecule has 23 heavy (non-hydrogen) atoms. The molecule has 0 radical (unpaired) electrons. The summed E-state index contributed by atoms with van der Waals surface area (Å²) < 4.78 is 19.2. The molecule has 0 fully saturated rings. The van der Waals surface area contributed by atoms with Crippen molar-refractivity contribution in [2.24, 2.45) is 11.7 Å². The first-order chi connectivity index (χ1) is 10.4. The van der Waals surface area contributed by atoms with Gasteiger partial charge in [0.2, 0.25) is 0 Å². The topological polar surface area (TPSA) is 55.6 Å². The monoisotopic (exact) mass is 346 g/mol. The van der Waals surface area contributed by atoms with Gasteiger partial charge in [0, 0.05) is 19.6 Å². The van der Waals surface area contributed by atoms with E-state index in [1.165, 1.54) is 12.1 Å². The lowest BCUT2D eigenvalue weighted by Crippen LogP contribution is -2.42. The average Bonchev–Trinajstić information content (AvgIpc) is 2.50. The van der Waals surface area contributed by atoms with Crippen LogP contribution in [0.5, 0.6) is 5.75 Å². The molecule has 6 heteroatoms. The zero-order chi connectivity index (χ0) is 16.7. The van der Waals surface area contributed by atoms with E-state index in [-0.39, 0.29) is 30.1 Å². The van der Waals surface area contributed by atoms with Crippen LogP contribution in [0.15, 0.2) is 24.3 Å². The quantitative estimate of drug-likeness (QED) is 0.786. The Morgan fingerprint density at radius 2 is 1.96 bits per heavy atom. The molecular weight excluding hydrogens is 319 g/mol. The minimum absolute atomic E-state index is 0. The number of nitrogens with zero attached hydrogens (tertiary/aromatic N) is 1. The summed E-state index contributed by atoms with van der Waals surface area (Å²) in [7, 11) is 1.72. The number of carbonyl (C=O) groups is 1. The van der Waals surface area contributed by atoms with Crippen LogP contribution in [0.2, 0.25) is 0 Å². The molecule has 0 aliphatic heterocycles. The van der Waals surface area contributed by atoms with E-state index in [1.807, 2.05) is 6.92 Å². The van der Waals surface area contributed by atoms with Gasteiger partial charge in [-0.25, -0.2) is 4.39 Å². The molecule has 0 saturated heterocycles. The molecule has 0 aliphatic carbocycles. The summed E-state index contributed by atoms with van der Waals surface area (Å²) in [5.74, 6) is -0.130. The van der Waals surface area contributed by atoms with Gasteiger partial charge in [-0.05, 0) is 30.9 Å². The third-order valence-corrected chi connectivity index (χ3v) is 3.78. The van der Waals surface area contributed by atoms with Gasteiger partial charge in [0.05, 0.1) is 0 Å². The number of hydrogen-bond donors (Lipinski definition) is 1. The van der Waals surface area contributed by atoms with Crippen molar-refractivity contribution in [3.05, 3.63) is 30.1 Å². The first kappa shape index (κ1) is 21.7. The number of likely N-dealkylation sites (N-methyl/N-ethyl adjacent to an activating group) is 1. The van der Waals surface area contributed by atoms with Crippen molar-refractivity contribution in [2.75, 3.05) is 13.6 Å². The maximum absolute atomic E-state index is 13.6. The third-order valence-electron chi connectivity index (χ3n) is 3.78. The van der Waals surface area contributed by atoms with Gasteiger partial charge in [0.1, 0.15) is 0 Å². The highest BCUT2D eigenvalue weighted by Crippen LogP contribution is 2.19. The van der Waals surface area contributed by atoms with Crippen molar-refractivity contribution in [3.63, 3.8) is 0 Å². The number of halogens is 2. The fourth-order valence-corrected chi connectivity index (χ4v) is 2.03. The minimum atomic E-state index is -0.683. The predicted octanol–water partition coefficient (Wildman–Crippen LogP) is 3.24. The molecule has 0 aromatic heterocycles. The van der Waals surface area contributed by atoms with Crippen molar-refractivity contribution in [2.45, 2.75) is 45.8 Å². The van der Waals surface area contributed by atoms with Gasteiger partial charge in [-0.1, -0.05) is 32.9 Å². The van der Waals surface area contributed by atoms with Crippen LogP contribution in [-0.2, 0) is 4.79 Å². The third kappa shape index (κ3) is 6.75. The normalized spacial score (nSPS) is 13.2. The number of nitrogens with two attached hydrogens (primary N) is 1. The van der Waals surface area contributed by atoms with Crippen molar-refractivity contribution < 1.29 is 13.9 Å². The van der Waals surface area contributed by atoms with Gasteiger partial charge >= 0.3 is 0 Å². The molecule has 4 nitrogen and oxygen atoms in total. The molecule has 1 amide bonds. The zero-order valence-corrected chi connectivity index (χ0v) is 15.1. The number of para-hydroxylation sites is 1. The number of ether oxygens (including phenoxy) is 1. The van der Waals surface area contributed by atoms with Gasteiger partial charge in [-0.2, -0.15) is 0 Å². The summed E-state index contributed by atoms with van der Waals surface area (Å²) >= 11 is 0. The molecule has 132 valence electrons. The van der Waals surface area contributed by atoms with E-state index in [4.69, 9.17) is 10.5 Å². The first-order valence-corrected chi connectivity index (χ1v) is 7.78. The SMILES string of the molecule is CCC(Oc1ccccc1F)C(=O)N(C)CCC(N)C(C)C.Cl. The number of carbonyl (C=O) groups excluding carboxylic acids is 1. The summed E-state index contributed by atoms with van der Waals surface area (Å²) in [6.45, 7) is 6.53.